The van der Waals surface area contributed by atoms with Crippen LogP contribution in [-0.2, 0) is 4.79 Å². The number of urea groups is 1. The van der Waals surface area contributed by atoms with Gasteiger partial charge in [0, 0.05) is 6.54 Å². The van der Waals surface area contributed by atoms with Gasteiger partial charge >= 0.3 is 12.0 Å². The highest BCUT2D eigenvalue weighted by Crippen LogP contribution is 2.08. The Morgan fingerprint density at radius 3 is 2.21 bits per heavy atom. The molecule has 0 rings (SSSR count). The van der Waals surface area contributed by atoms with Gasteiger partial charge in [0.15, 0.2) is 0 Å². The highest BCUT2D eigenvalue weighted by molar-refractivity contribution is 5.85. The van der Waals surface area contributed by atoms with Gasteiger partial charge in [-0.15, -0.1) is 0 Å². The van der Waals surface area contributed by atoms with Gasteiger partial charge in [-0.05, 0) is 39.4 Å². The maximum Gasteiger partial charge on any atom is 0.329 e. The summed E-state index contributed by atoms with van der Waals surface area (Å²) in [7, 11) is 0. The Labute approximate surface area is 115 Å². The number of carboxylic acids is 1. The van der Waals surface area contributed by atoms with Crippen molar-refractivity contribution in [3.05, 3.63) is 0 Å². The Morgan fingerprint density at radius 2 is 1.79 bits per heavy atom. The molecule has 0 fully saturated rings. The molecule has 0 heterocycles. The predicted octanol–water partition coefficient (Wildman–Crippen LogP) is 1.27. The molecule has 6 nitrogen and oxygen atoms in total. The molecule has 1 unspecified atom stereocenters. The van der Waals surface area contributed by atoms with Crippen LogP contribution in [0.15, 0.2) is 0 Å². The zero-order valence-corrected chi connectivity index (χ0v) is 12.5. The van der Waals surface area contributed by atoms with Crippen molar-refractivity contribution in [2.75, 3.05) is 26.2 Å². The van der Waals surface area contributed by atoms with Crippen LogP contribution in [-0.4, -0.2) is 53.7 Å². The number of carbonyl (C=O) groups excluding carboxylic acids is 1. The van der Waals surface area contributed by atoms with Crippen molar-refractivity contribution in [3.63, 3.8) is 0 Å². The van der Waals surface area contributed by atoms with E-state index in [1.807, 2.05) is 0 Å². The van der Waals surface area contributed by atoms with E-state index in [-0.39, 0.29) is 0 Å². The molecule has 112 valence electrons. The van der Waals surface area contributed by atoms with Gasteiger partial charge in [0.1, 0.15) is 5.54 Å². The molecule has 19 heavy (non-hydrogen) atoms. The molecule has 0 bridgehead atoms. The molecule has 1 atom stereocenters. The maximum atomic E-state index is 11.6. The SMILES string of the molecule is CCN(CC)CCCNC(=O)NC(C)(CC)C(=O)O. The second-order valence-corrected chi connectivity index (χ2v) is 4.75. The molecular weight excluding hydrogens is 246 g/mol. The Kier molecular flexibility index (Phi) is 8.14. The molecule has 0 saturated heterocycles. The lowest BCUT2D eigenvalue weighted by Gasteiger charge is -2.25. The molecule has 0 aromatic heterocycles. The van der Waals surface area contributed by atoms with Crippen molar-refractivity contribution in [1.82, 2.24) is 15.5 Å². The Hall–Kier alpha value is -1.30. The molecule has 0 aliphatic carbocycles. The lowest BCUT2D eigenvalue weighted by molar-refractivity contribution is -0.143. The smallest absolute Gasteiger partial charge is 0.329 e. The summed E-state index contributed by atoms with van der Waals surface area (Å²) in [4.78, 5) is 24.9. The Morgan fingerprint density at radius 1 is 1.21 bits per heavy atom. The first-order valence-corrected chi connectivity index (χ1v) is 6.91. The Bertz CT molecular complexity index is 293. The third kappa shape index (κ3) is 6.42. The van der Waals surface area contributed by atoms with Crippen LogP contribution in [0.4, 0.5) is 4.79 Å². The minimum absolute atomic E-state index is 0.342. The number of aliphatic carboxylic acids is 1. The summed E-state index contributed by atoms with van der Waals surface area (Å²) in [6.07, 6.45) is 1.19. The van der Waals surface area contributed by atoms with Crippen LogP contribution in [0.25, 0.3) is 0 Å². The third-order valence-electron chi connectivity index (χ3n) is 3.40. The van der Waals surface area contributed by atoms with Crippen molar-refractivity contribution in [3.8, 4) is 0 Å². The second kappa shape index (κ2) is 8.74. The number of amides is 2. The van der Waals surface area contributed by atoms with Gasteiger partial charge in [-0.25, -0.2) is 9.59 Å². The highest BCUT2D eigenvalue weighted by Gasteiger charge is 2.32. The van der Waals surface area contributed by atoms with E-state index in [1.165, 1.54) is 6.92 Å². The summed E-state index contributed by atoms with van der Waals surface area (Å²) in [5, 5.41) is 14.2. The Balaban J connectivity index is 3.96. The third-order valence-corrected chi connectivity index (χ3v) is 3.40. The summed E-state index contributed by atoms with van der Waals surface area (Å²) >= 11 is 0. The fourth-order valence-electron chi connectivity index (χ4n) is 1.63. The summed E-state index contributed by atoms with van der Waals surface area (Å²) < 4.78 is 0. The minimum atomic E-state index is -1.21. The first kappa shape index (κ1) is 17.7. The van der Waals surface area contributed by atoms with E-state index < -0.39 is 17.5 Å². The van der Waals surface area contributed by atoms with Crippen molar-refractivity contribution in [2.45, 2.75) is 46.1 Å². The van der Waals surface area contributed by atoms with Crippen molar-refractivity contribution >= 4 is 12.0 Å². The van der Waals surface area contributed by atoms with Gasteiger partial charge in [-0.1, -0.05) is 20.8 Å². The molecule has 0 radical (unpaired) electrons. The average Bonchev–Trinajstić information content (AvgIpc) is 2.38. The lowest BCUT2D eigenvalue weighted by atomic mass is 10.00. The van der Waals surface area contributed by atoms with Crippen molar-refractivity contribution in [1.29, 1.82) is 0 Å². The van der Waals surface area contributed by atoms with Gasteiger partial charge in [0.25, 0.3) is 0 Å². The van der Waals surface area contributed by atoms with Crippen molar-refractivity contribution in [2.24, 2.45) is 0 Å². The number of hydrogen-bond acceptors (Lipinski definition) is 3. The van der Waals surface area contributed by atoms with E-state index in [0.29, 0.717) is 13.0 Å². The van der Waals surface area contributed by atoms with Crippen LogP contribution in [0.1, 0.15) is 40.5 Å². The summed E-state index contributed by atoms with van der Waals surface area (Å²) in [5.74, 6) is -1.02. The first-order chi connectivity index (χ1) is 8.89. The monoisotopic (exact) mass is 273 g/mol. The zero-order chi connectivity index (χ0) is 14.9. The summed E-state index contributed by atoms with van der Waals surface area (Å²) in [5.41, 5.74) is -1.21. The van der Waals surface area contributed by atoms with Gasteiger partial charge in [-0.2, -0.15) is 0 Å². The predicted molar refractivity (Wildman–Crippen MR) is 75.3 cm³/mol. The van der Waals surface area contributed by atoms with Crippen LogP contribution in [0.3, 0.4) is 0 Å². The molecule has 2 amide bonds. The number of hydrogen-bond donors (Lipinski definition) is 3. The van der Waals surface area contributed by atoms with E-state index in [4.69, 9.17) is 5.11 Å². The van der Waals surface area contributed by atoms with Gasteiger partial charge in [0.05, 0.1) is 0 Å². The summed E-state index contributed by atoms with van der Waals surface area (Å²) in [6.45, 7) is 10.9. The van der Waals surface area contributed by atoms with Crippen LogP contribution in [0.2, 0.25) is 0 Å². The van der Waals surface area contributed by atoms with Crippen molar-refractivity contribution < 1.29 is 14.7 Å². The molecule has 0 aliphatic rings. The molecular formula is C13H27N3O3. The zero-order valence-electron chi connectivity index (χ0n) is 12.5. The molecule has 6 heteroatoms. The standard InChI is InChI=1S/C13H27N3O3/c1-5-13(4,11(17)18)15-12(19)14-9-8-10-16(6-2)7-3/h5-10H2,1-4H3,(H,17,18)(H2,14,15,19). The average molecular weight is 273 g/mol. The minimum Gasteiger partial charge on any atom is -0.480 e. The number of nitrogens with zero attached hydrogens (tertiary/aromatic N) is 1. The van der Waals surface area contributed by atoms with Crippen LogP contribution in [0, 0.1) is 0 Å². The van der Waals surface area contributed by atoms with E-state index in [1.54, 1.807) is 6.92 Å². The quantitative estimate of drug-likeness (QED) is 0.553. The first-order valence-electron chi connectivity index (χ1n) is 6.91. The maximum absolute atomic E-state index is 11.6. The molecule has 0 spiro atoms. The highest BCUT2D eigenvalue weighted by atomic mass is 16.4. The van der Waals surface area contributed by atoms with Crippen LogP contribution < -0.4 is 10.6 Å². The second-order valence-electron chi connectivity index (χ2n) is 4.75. The summed E-state index contributed by atoms with van der Waals surface area (Å²) in [6, 6.07) is -0.425. The number of carboxylic acid groups (broad SMARTS) is 1. The molecule has 0 aromatic rings. The number of nitrogens with one attached hydrogen (secondary N) is 2. The van der Waals surface area contributed by atoms with Gasteiger partial charge < -0.3 is 20.6 Å². The normalized spacial score (nSPS) is 13.9. The fourth-order valence-corrected chi connectivity index (χ4v) is 1.63. The van der Waals surface area contributed by atoms with E-state index in [2.05, 4.69) is 29.4 Å². The van der Waals surface area contributed by atoms with Crippen LogP contribution in [0.5, 0.6) is 0 Å². The van der Waals surface area contributed by atoms with E-state index >= 15 is 0 Å². The van der Waals surface area contributed by atoms with Crippen LogP contribution >= 0.6 is 0 Å². The van der Waals surface area contributed by atoms with Gasteiger partial charge in [0.2, 0.25) is 0 Å². The van der Waals surface area contributed by atoms with E-state index in [9.17, 15) is 9.59 Å². The molecule has 0 aliphatic heterocycles. The molecule has 3 N–H and O–H groups in total. The number of rotatable bonds is 9. The van der Waals surface area contributed by atoms with Gasteiger partial charge in [-0.3, -0.25) is 0 Å². The topological polar surface area (TPSA) is 81.7 Å². The number of carbonyl (C=O) groups is 2. The lowest BCUT2D eigenvalue weighted by Crippen LogP contribution is -2.55. The molecule has 0 aromatic carbocycles. The molecule has 0 saturated carbocycles. The largest absolute Gasteiger partial charge is 0.480 e. The fraction of sp³-hybridized carbons (Fsp3) is 0.846. The van der Waals surface area contributed by atoms with E-state index in [0.717, 1.165) is 26.1 Å².